The SMILES string of the molecule is CSC1=Cc2ccccc2C=NN1. The highest BCUT2D eigenvalue weighted by Gasteiger charge is 2.02. The van der Waals surface area contributed by atoms with Crippen molar-refractivity contribution < 1.29 is 0 Å². The Bertz CT molecular complexity index is 369. The molecular formula is C10H10N2S. The van der Waals surface area contributed by atoms with Crippen LogP contribution < -0.4 is 5.43 Å². The Kier molecular flexibility index (Phi) is 2.36. The van der Waals surface area contributed by atoms with Gasteiger partial charge in [0.25, 0.3) is 0 Å². The number of nitrogens with zero attached hydrogens (tertiary/aromatic N) is 1. The van der Waals surface area contributed by atoms with Crippen molar-refractivity contribution in [3.05, 3.63) is 40.4 Å². The van der Waals surface area contributed by atoms with E-state index in [1.807, 2.05) is 24.6 Å². The molecule has 1 aliphatic heterocycles. The Morgan fingerprint density at radius 1 is 1.23 bits per heavy atom. The van der Waals surface area contributed by atoms with Gasteiger partial charge in [-0.15, -0.1) is 11.8 Å². The molecule has 0 amide bonds. The molecule has 0 unspecified atom stereocenters. The lowest BCUT2D eigenvalue weighted by Crippen LogP contribution is -1.99. The normalized spacial score (nSPS) is 14.1. The Morgan fingerprint density at radius 3 is 2.77 bits per heavy atom. The Balaban J connectivity index is 2.49. The molecule has 1 aromatic rings. The van der Waals surface area contributed by atoms with Gasteiger partial charge in [-0.3, -0.25) is 5.43 Å². The third-order valence-corrected chi connectivity index (χ3v) is 2.53. The zero-order valence-corrected chi connectivity index (χ0v) is 8.14. The molecule has 0 saturated carbocycles. The number of thioether (sulfide) groups is 1. The van der Waals surface area contributed by atoms with Gasteiger partial charge in [0.1, 0.15) is 0 Å². The van der Waals surface area contributed by atoms with Gasteiger partial charge in [0.2, 0.25) is 0 Å². The Morgan fingerprint density at radius 2 is 2.00 bits per heavy atom. The van der Waals surface area contributed by atoms with Crippen molar-refractivity contribution in [1.82, 2.24) is 5.43 Å². The number of hydrazone groups is 1. The van der Waals surface area contributed by atoms with Gasteiger partial charge in [0.05, 0.1) is 11.2 Å². The van der Waals surface area contributed by atoms with Gasteiger partial charge in [-0.05, 0) is 17.9 Å². The number of benzene rings is 1. The van der Waals surface area contributed by atoms with Crippen LogP contribution >= 0.6 is 11.8 Å². The van der Waals surface area contributed by atoms with Crippen LogP contribution in [0.4, 0.5) is 0 Å². The first-order valence-corrected chi connectivity index (χ1v) is 5.26. The number of nitrogens with one attached hydrogen (secondary N) is 1. The summed E-state index contributed by atoms with van der Waals surface area (Å²) in [6, 6.07) is 8.19. The zero-order chi connectivity index (χ0) is 9.10. The topological polar surface area (TPSA) is 24.4 Å². The maximum absolute atomic E-state index is 4.10. The third kappa shape index (κ3) is 1.75. The molecule has 1 heterocycles. The largest absolute Gasteiger partial charge is 0.272 e. The van der Waals surface area contributed by atoms with Gasteiger partial charge in [0, 0.05) is 5.56 Å². The fourth-order valence-electron chi connectivity index (χ4n) is 1.20. The van der Waals surface area contributed by atoms with Crippen LogP contribution in [0.25, 0.3) is 6.08 Å². The molecule has 13 heavy (non-hydrogen) atoms. The minimum atomic E-state index is 1.07. The number of rotatable bonds is 1. The van der Waals surface area contributed by atoms with Gasteiger partial charge in [-0.25, -0.2) is 0 Å². The van der Waals surface area contributed by atoms with Crippen molar-refractivity contribution >= 4 is 24.1 Å². The van der Waals surface area contributed by atoms with Crippen molar-refractivity contribution in [1.29, 1.82) is 0 Å². The van der Waals surface area contributed by atoms with E-state index in [0.717, 1.165) is 10.6 Å². The van der Waals surface area contributed by atoms with Crippen molar-refractivity contribution in [2.45, 2.75) is 0 Å². The molecule has 2 nitrogen and oxygen atoms in total. The van der Waals surface area contributed by atoms with Crippen LogP contribution in [0, 0.1) is 0 Å². The second kappa shape index (κ2) is 3.66. The summed E-state index contributed by atoms with van der Waals surface area (Å²) < 4.78 is 0. The maximum Gasteiger partial charge on any atom is 0.0895 e. The summed E-state index contributed by atoms with van der Waals surface area (Å²) in [5, 5.41) is 5.17. The van der Waals surface area contributed by atoms with Gasteiger partial charge in [-0.2, -0.15) is 5.10 Å². The molecule has 0 aliphatic carbocycles. The summed E-state index contributed by atoms with van der Waals surface area (Å²) in [5.74, 6) is 0. The fourth-order valence-corrected chi connectivity index (χ4v) is 1.59. The predicted octanol–water partition coefficient (Wildman–Crippen LogP) is 2.29. The van der Waals surface area contributed by atoms with E-state index in [4.69, 9.17) is 0 Å². The molecule has 0 saturated heterocycles. The van der Waals surface area contributed by atoms with Crippen LogP contribution in [0.15, 0.2) is 34.4 Å². The minimum absolute atomic E-state index is 1.07. The van der Waals surface area contributed by atoms with Crippen molar-refractivity contribution in [3.63, 3.8) is 0 Å². The molecule has 0 aromatic heterocycles. The van der Waals surface area contributed by atoms with Crippen LogP contribution in [0.3, 0.4) is 0 Å². The summed E-state index contributed by atoms with van der Waals surface area (Å²) in [5.41, 5.74) is 5.33. The molecule has 3 heteroatoms. The third-order valence-electron chi connectivity index (χ3n) is 1.88. The van der Waals surface area contributed by atoms with E-state index in [9.17, 15) is 0 Å². The first-order valence-electron chi connectivity index (χ1n) is 4.04. The molecule has 0 radical (unpaired) electrons. The van der Waals surface area contributed by atoms with Crippen LogP contribution in [0.5, 0.6) is 0 Å². The molecule has 0 fully saturated rings. The molecule has 0 spiro atoms. The lowest BCUT2D eigenvalue weighted by molar-refractivity contribution is 0.968. The van der Waals surface area contributed by atoms with Crippen molar-refractivity contribution in [2.24, 2.45) is 5.10 Å². The first-order chi connectivity index (χ1) is 6.40. The average molecular weight is 190 g/mol. The molecule has 1 aromatic carbocycles. The summed E-state index contributed by atoms with van der Waals surface area (Å²) in [4.78, 5) is 0. The minimum Gasteiger partial charge on any atom is -0.272 e. The monoisotopic (exact) mass is 190 g/mol. The van der Waals surface area contributed by atoms with Crippen molar-refractivity contribution in [3.8, 4) is 0 Å². The van der Waals surface area contributed by atoms with E-state index in [2.05, 4.69) is 28.7 Å². The first kappa shape index (κ1) is 8.38. The predicted molar refractivity (Wildman–Crippen MR) is 58.7 cm³/mol. The molecule has 66 valence electrons. The second-order valence-electron chi connectivity index (χ2n) is 2.71. The van der Waals surface area contributed by atoms with Crippen LogP contribution in [-0.4, -0.2) is 12.5 Å². The average Bonchev–Trinajstić information content (AvgIpc) is 2.38. The molecule has 0 atom stereocenters. The molecule has 1 aliphatic rings. The quantitative estimate of drug-likeness (QED) is 0.734. The highest BCUT2D eigenvalue weighted by molar-refractivity contribution is 8.02. The smallest absolute Gasteiger partial charge is 0.0895 e. The zero-order valence-electron chi connectivity index (χ0n) is 7.32. The van der Waals surface area contributed by atoms with Crippen LogP contribution in [0.2, 0.25) is 0 Å². The molecule has 1 N–H and O–H groups in total. The second-order valence-corrected chi connectivity index (χ2v) is 3.56. The Hall–Kier alpha value is -1.22. The standard InChI is InChI=1S/C10H10N2S/c1-13-10-6-8-4-2-3-5-9(8)7-11-12-10/h2-7,12H,1H3. The van der Waals surface area contributed by atoms with Crippen molar-refractivity contribution in [2.75, 3.05) is 6.26 Å². The lowest BCUT2D eigenvalue weighted by Gasteiger charge is -1.99. The summed E-state index contributed by atoms with van der Waals surface area (Å²) >= 11 is 1.66. The van der Waals surface area contributed by atoms with E-state index in [1.54, 1.807) is 11.8 Å². The number of hydrogen-bond acceptors (Lipinski definition) is 3. The lowest BCUT2D eigenvalue weighted by atomic mass is 10.1. The molecule has 2 rings (SSSR count). The van der Waals surface area contributed by atoms with Gasteiger partial charge >= 0.3 is 0 Å². The van der Waals surface area contributed by atoms with E-state index >= 15 is 0 Å². The summed E-state index contributed by atoms with van der Waals surface area (Å²) in [6.07, 6.45) is 5.98. The maximum atomic E-state index is 4.10. The van der Waals surface area contributed by atoms with Gasteiger partial charge < -0.3 is 0 Å². The van der Waals surface area contributed by atoms with E-state index in [-0.39, 0.29) is 0 Å². The van der Waals surface area contributed by atoms with Crippen LogP contribution in [-0.2, 0) is 0 Å². The molecule has 0 bridgehead atoms. The summed E-state index contributed by atoms with van der Waals surface area (Å²) in [7, 11) is 0. The van der Waals surface area contributed by atoms with Gasteiger partial charge in [-0.1, -0.05) is 24.3 Å². The number of fused-ring (bicyclic) bond motifs is 1. The highest BCUT2D eigenvalue weighted by atomic mass is 32.2. The van der Waals surface area contributed by atoms with Crippen LogP contribution in [0.1, 0.15) is 11.1 Å². The van der Waals surface area contributed by atoms with E-state index in [1.165, 1.54) is 5.56 Å². The number of hydrogen-bond donors (Lipinski definition) is 1. The molecular weight excluding hydrogens is 180 g/mol. The summed E-state index contributed by atoms with van der Waals surface area (Å²) in [6.45, 7) is 0. The van der Waals surface area contributed by atoms with E-state index in [0.29, 0.717) is 0 Å². The Labute approximate surface area is 81.7 Å². The van der Waals surface area contributed by atoms with Gasteiger partial charge in [0.15, 0.2) is 0 Å². The fraction of sp³-hybridized carbons (Fsp3) is 0.100. The highest BCUT2D eigenvalue weighted by Crippen LogP contribution is 2.18. The van der Waals surface area contributed by atoms with E-state index < -0.39 is 0 Å².